The van der Waals surface area contributed by atoms with Gasteiger partial charge in [0.25, 0.3) is 0 Å². The highest BCUT2D eigenvalue weighted by Gasteiger charge is 2.21. The average molecular weight is 237 g/mol. The number of hydrogen-bond donors (Lipinski definition) is 1. The summed E-state index contributed by atoms with van der Waals surface area (Å²) in [6.45, 7) is 8.77. The third-order valence-corrected chi connectivity index (χ3v) is 2.86. The summed E-state index contributed by atoms with van der Waals surface area (Å²) in [4.78, 5) is 4.35. The van der Waals surface area contributed by atoms with E-state index in [-0.39, 0.29) is 5.54 Å². The first-order valence-electron chi connectivity index (χ1n) is 6.37. The zero-order chi connectivity index (χ0) is 12.3. The van der Waals surface area contributed by atoms with Crippen LogP contribution in [0.1, 0.15) is 39.4 Å². The highest BCUT2D eigenvalue weighted by Crippen LogP contribution is 2.28. The van der Waals surface area contributed by atoms with Gasteiger partial charge in [-0.2, -0.15) is 0 Å². The van der Waals surface area contributed by atoms with E-state index in [2.05, 4.69) is 35.6 Å². The first kappa shape index (κ1) is 12.6. The van der Waals surface area contributed by atoms with Gasteiger partial charge in [-0.15, -0.1) is 0 Å². The van der Waals surface area contributed by atoms with E-state index < -0.39 is 0 Å². The highest BCUT2D eigenvalue weighted by molar-refractivity contribution is 4.92. The molecule has 1 fully saturated rings. The molecule has 1 aromatic rings. The van der Waals surface area contributed by atoms with Crippen LogP contribution in [0, 0.1) is 5.92 Å². The largest absolute Gasteiger partial charge is 0.360 e. The summed E-state index contributed by atoms with van der Waals surface area (Å²) in [5.74, 6) is 1.85. The maximum atomic E-state index is 5.67. The minimum Gasteiger partial charge on any atom is -0.360 e. The molecular formula is C13H23N3O. The Morgan fingerprint density at radius 3 is 2.88 bits per heavy atom. The van der Waals surface area contributed by atoms with Crippen molar-refractivity contribution < 1.29 is 4.74 Å². The molecule has 0 aromatic carbocycles. The van der Waals surface area contributed by atoms with Crippen molar-refractivity contribution in [3.05, 3.63) is 18.2 Å². The van der Waals surface area contributed by atoms with Crippen LogP contribution in [-0.2, 0) is 18.0 Å². The van der Waals surface area contributed by atoms with Crippen molar-refractivity contribution in [2.45, 2.75) is 52.4 Å². The quantitative estimate of drug-likeness (QED) is 0.824. The van der Waals surface area contributed by atoms with Crippen LogP contribution >= 0.6 is 0 Å². The lowest BCUT2D eigenvalue weighted by molar-refractivity contribution is 0.0667. The summed E-state index contributed by atoms with van der Waals surface area (Å²) in [6.07, 6.45) is 6.48. The Kier molecular flexibility index (Phi) is 3.84. The van der Waals surface area contributed by atoms with Crippen LogP contribution in [-0.4, -0.2) is 21.7 Å². The molecule has 17 heavy (non-hydrogen) atoms. The van der Waals surface area contributed by atoms with Gasteiger partial charge in [-0.25, -0.2) is 4.98 Å². The SMILES string of the molecule is CC(C)(C)NCc1nccn1COCC1CC1. The van der Waals surface area contributed by atoms with Crippen molar-refractivity contribution in [1.29, 1.82) is 0 Å². The second-order valence-electron chi connectivity index (χ2n) is 5.86. The summed E-state index contributed by atoms with van der Waals surface area (Å²) < 4.78 is 7.74. The van der Waals surface area contributed by atoms with Crippen molar-refractivity contribution in [1.82, 2.24) is 14.9 Å². The number of nitrogens with zero attached hydrogens (tertiary/aromatic N) is 2. The summed E-state index contributed by atoms with van der Waals surface area (Å²) >= 11 is 0. The molecule has 1 aliphatic carbocycles. The number of hydrogen-bond acceptors (Lipinski definition) is 3. The normalized spacial score (nSPS) is 16.4. The Hall–Kier alpha value is -0.870. The molecule has 0 bridgehead atoms. The zero-order valence-corrected chi connectivity index (χ0v) is 11.1. The molecule has 1 N–H and O–H groups in total. The Balaban J connectivity index is 1.78. The fraction of sp³-hybridized carbons (Fsp3) is 0.769. The van der Waals surface area contributed by atoms with E-state index >= 15 is 0 Å². The predicted molar refractivity (Wildman–Crippen MR) is 67.5 cm³/mol. The molecule has 4 heteroatoms. The molecule has 96 valence electrons. The van der Waals surface area contributed by atoms with Crippen molar-refractivity contribution in [2.24, 2.45) is 5.92 Å². The lowest BCUT2D eigenvalue weighted by Crippen LogP contribution is -2.36. The maximum Gasteiger partial charge on any atom is 0.124 e. The molecule has 1 saturated carbocycles. The molecule has 1 heterocycles. The number of aromatic nitrogens is 2. The molecular weight excluding hydrogens is 214 g/mol. The van der Waals surface area contributed by atoms with Gasteiger partial charge in [0, 0.05) is 17.9 Å². The molecule has 2 rings (SSSR count). The van der Waals surface area contributed by atoms with Crippen LogP contribution in [0.3, 0.4) is 0 Å². The fourth-order valence-corrected chi connectivity index (χ4v) is 1.57. The minimum absolute atomic E-state index is 0.117. The molecule has 0 unspecified atom stereocenters. The van der Waals surface area contributed by atoms with Crippen LogP contribution in [0.5, 0.6) is 0 Å². The van der Waals surface area contributed by atoms with Crippen molar-refractivity contribution in [2.75, 3.05) is 6.61 Å². The topological polar surface area (TPSA) is 39.1 Å². The fourth-order valence-electron chi connectivity index (χ4n) is 1.57. The minimum atomic E-state index is 0.117. The molecule has 0 radical (unpaired) electrons. The lowest BCUT2D eigenvalue weighted by Gasteiger charge is -2.20. The second-order valence-corrected chi connectivity index (χ2v) is 5.86. The van der Waals surface area contributed by atoms with E-state index in [1.807, 2.05) is 12.4 Å². The number of imidazole rings is 1. The van der Waals surface area contributed by atoms with E-state index in [1.54, 1.807) is 0 Å². The molecule has 4 nitrogen and oxygen atoms in total. The summed E-state index contributed by atoms with van der Waals surface area (Å²) in [7, 11) is 0. The van der Waals surface area contributed by atoms with Gasteiger partial charge in [-0.3, -0.25) is 0 Å². The van der Waals surface area contributed by atoms with Gasteiger partial charge < -0.3 is 14.6 Å². The number of rotatable bonds is 6. The third-order valence-electron chi connectivity index (χ3n) is 2.86. The van der Waals surface area contributed by atoms with Crippen LogP contribution in [0.25, 0.3) is 0 Å². The van der Waals surface area contributed by atoms with E-state index in [4.69, 9.17) is 4.74 Å². The molecule has 1 aromatic heterocycles. The van der Waals surface area contributed by atoms with E-state index in [9.17, 15) is 0 Å². The van der Waals surface area contributed by atoms with Crippen molar-refractivity contribution in [3.8, 4) is 0 Å². The monoisotopic (exact) mass is 237 g/mol. The first-order valence-corrected chi connectivity index (χ1v) is 6.37. The molecule has 0 amide bonds. The van der Waals surface area contributed by atoms with Crippen LogP contribution in [0.15, 0.2) is 12.4 Å². The Bertz CT molecular complexity index is 350. The van der Waals surface area contributed by atoms with Crippen LogP contribution in [0.4, 0.5) is 0 Å². The van der Waals surface area contributed by atoms with Gasteiger partial charge in [-0.1, -0.05) is 0 Å². The van der Waals surface area contributed by atoms with E-state index in [1.165, 1.54) is 12.8 Å². The van der Waals surface area contributed by atoms with Gasteiger partial charge in [-0.05, 0) is 39.5 Å². The Labute approximate surface area is 103 Å². The summed E-state index contributed by atoms with van der Waals surface area (Å²) in [5.41, 5.74) is 0.117. The van der Waals surface area contributed by atoms with Gasteiger partial charge in [0.05, 0.1) is 13.2 Å². The van der Waals surface area contributed by atoms with E-state index in [0.717, 1.165) is 24.9 Å². The van der Waals surface area contributed by atoms with Gasteiger partial charge in [0.1, 0.15) is 12.6 Å². The number of ether oxygens (including phenoxy) is 1. The number of nitrogens with one attached hydrogen (secondary N) is 1. The molecule has 0 aliphatic heterocycles. The lowest BCUT2D eigenvalue weighted by atomic mass is 10.1. The third kappa shape index (κ3) is 4.48. The standard InChI is InChI=1S/C13H23N3O/c1-13(2,3)15-8-12-14-6-7-16(12)10-17-9-11-4-5-11/h6-7,11,15H,4-5,8-10H2,1-3H3. The summed E-state index contributed by atoms with van der Waals surface area (Å²) in [6, 6.07) is 0. The molecule has 0 atom stereocenters. The predicted octanol–water partition coefficient (Wildman–Crippen LogP) is 2.16. The van der Waals surface area contributed by atoms with Gasteiger partial charge >= 0.3 is 0 Å². The van der Waals surface area contributed by atoms with E-state index in [0.29, 0.717) is 6.73 Å². The smallest absolute Gasteiger partial charge is 0.124 e. The molecule has 0 saturated heterocycles. The van der Waals surface area contributed by atoms with Gasteiger partial charge in [0.15, 0.2) is 0 Å². The maximum absolute atomic E-state index is 5.67. The highest BCUT2D eigenvalue weighted by atomic mass is 16.5. The summed E-state index contributed by atoms with van der Waals surface area (Å²) in [5, 5.41) is 3.44. The van der Waals surface area contributed by atoms with Crippen molar-refractivity contribution >= 4 is 0 Å². The Morgan fingerprint density at radius 1 is 1.47 bits per heavy atom. The Morgan fingerprint density at radius 2 is 2.24 bits per heavy atom. The second kappa shape index (κ2) is 5.19. The molecule has 0 spiro atoms. The average Bonchev–Trinajstić information content (AvgIpc) is 2.93. The van der Waals surface area contributed by atoms with Crippen LogP contribution in [0.2, 0.25) is 0 Å². The van der Waals surface area contributed by atoms with Gasteiger partial charge in [0.2, 0.25) is 0 Å². The van der Waals surface area contributed by atoms with Crippen LogP contribution < -0.4 is 5.32 Å². The first-order chi connectivity index (χ1) is 8.04. The molecule has 1 aliphatic rings. The van der Waals surface area contributed by atoms with Crippen molar-refractivity contribution in [3.63, 3.8) is 0 Å². The zero-order valence-electron chi connectivity index (χ0n) is 11.1.